The van der Waals surface area contributed by atoms with Crippen LogP contribution in [-0.4, -0.2) is 42.6 Å². The maximum Gasteiger partial charge on any atom is 0.266 e. The van der Waals surface area contributed by atoms with Crippen LogP contribution in [0.25, 0.3) is 16.3 Å². The summed E-state index contributed by atoms with van der Waals surface area (Å²) in [6.07, 6.45) is 2.67. The van der Waals surface area contributed by atoms with Gasteiger partial charge in [0.15, 0.2) is 5.01 Å². The van der Waals surface area contributed by atoms with Crippen molar-refractivity contribution in [1.82, 2.24) is 20.0 Å². The predicted molar refractivity (Wildman–Crippen MR) is 113 cm³/mol. The van der Waals surface area contributed by atoms with E-state index in [2.05, 4.69) is 20.0 Å². The monoisotopic (exact) mass is 443 g/mol. The van der Waals surface area contributed by atoms with E-state index < -0.39 is 10.0 Å². The van der Waals surface area contributed by atoms with Gasteiger partial charge in [0.1, 0.15) is 22.1 Å². The Labute approximate surface area is 177 Å². The maximum atomic E-state index is 12.8. The van der Waals surface area contributed by atoms with Gasteiger partial charge in [-0.3, -0.25) is 4.72 Å². The Balaban J connectivity index is 1.59. The van der Waals surface area contributed by atoms with Gasteiger partial charge in [0.2, 0.25) is 5.13 Å². The summed E-state index contributed by atoms with van der Waals surface area (Å²) in [5, 5.41) is 12.8. The number of hydrogen-bond acceptors (Lipinski definition) is 8. The zero-order valence-electron chi connectivity index (χ0n) is 16.0. The maximum absolute atomic E-state index is 12.8. The number of nitrogens with one attached hydrogen (secondary N) is 1. The van der Waals surface area contributed by atoms with Crippen LogP contribution in [0.1, 0.15) is 0 Å². The first-order valence-corrected chi connectivity index (χ1v) is 11.0. The molecule has 1 N–H and O–H groups in total. The average Bonchev–Trinajstić information content (AvgIpc) is 3.43. The van der Waals surface area contributed by atoms with E-state index in [9.17, 15) is 8.42 Å². The lowest BCUT2D eigenvalue weighted by atomic mass is 10.2. The molecule has 0 aliphatic heterocycles. The van der Waals surface area contributed by atoms with Gasteiger partial charge in [0.25, 0.3) is 10.0 Å². The molecule has 2 aromatic heterocycles. The Morgan fingerprint density at radius 1 is 0.967 bits per heavy atom. The summed E-state index contributed by atoms with van der Waals surface area (Å²) in [4.78, 5) is -0.0116. The molecule has 0 bridgehead atoms. The molecule has 4 rings (SSSR count). The second-order valence-corrected chi connectivity index (χ2v) is 8.67. The third-order valence-electron chi connectivity index (χ3n) is 4.19. The van der Waals surface area contributed by atoms with Crippen LogP contribution in [0.2, 0.25) is 0 Å². The van der Waals surface area contributed by atoms with E-state index in [0.29, 0.717) is 22.2 Å². The molecule has 0 spiro atoms. The summed E-state index contributed by atoms with van der Waals surface area (Å²) in [5.41, 5.74) is 1.35. The summed E-state index contributed by atoms with van der Waals surface area (Å²) >= 11 is 1.11. The number of benzene rings is 2. The minimum Gasteiger partial charge on any atom is -0.496 e. The Kier molecular flexibility index (Phi) is 5.38. The fraction of sp³-hybridized carbons (Fsp3) is 0.105. The van der Waals surface area contributed by atoms with Crippen molar-refractivity contribution in [3.63, 3.8) is 0 Å². The highest BCUT2D eigenvalue weighted by Crippen LogP contribution is 2.34. The first-order chi connectivity index (χ1) is 14.5. The number of ether oxygens (including phenoxy) is 2. The van der Waals surface area contributed by atoms with Gasteiger partial charge in [-0.05, 0) is 24.3 Å². The second-order valence-electron chi connectivity index (χ2n) is 6.01. The molecule has 2 heterocycles. The molecule has 30 heavy (non-hydrogen) atoms. The van der Waals surface area contributed by atoms with Gasteiger partial charge in [0.05, 0.1) is 32.2 Å². The highest BCUT2D eigenvalue weighted by atomic mass is 32.2. The number of anilines is 1. The lowest BCUT2D eigenvalue weighted by molar-refractivity contribution is 0.411. The zero-order valence-corrected chi connectivity index (χ0v) is 17.6. The minimum atomic E-state index is -3.90. The van der Waals surface area contributed by atoms with Gasteiger partial charge < -0.3 is 9.47 Å². The van der Waals surface area contributed by atoms with Crippen LogP contribution in [0, 0.1) is 0 Å². The number of hydrogen-bond donors (Lipinski definition) is 1. The van der Waals surface area contributed by atoms with Crippen molar-refractivity contribution in [3.8, 4) is 27.8 Å². The van der Waals surface area contributed by atoms with Crippen LogP contribution in [0.15, 0.2) is 65.8 Å². The zero-order chi connectivity index (χ0) is 21.1. The molecular weight excluding hydrogens is 426 g/mol. The minimum absolute atomic E-state index is 0.0116. The molecular formula is C19H17N5O4S2. The van der Waals surface area contributed by atoms with Crippen LogP contribution < -0.4 is 14.2 Å². The fourth-order valence-electron chi connectivity index (χ4n) is 2.76. The molecule has 154 valence electrons. The molecule has 0 unspecified atom stereocenters. The van der Waals surface area contributed by atoms with Crippen LogP contribution in [0.4, 0.5) is 5.13 Å². The Morgan fingerprint density at radius 3 is 2.43 bits per heavy atom. The number of sulfonamides is 1. The van der Waals surface area contributed by atoms with E-state index >= 15 is 0 Å². The molecule has 4 aromatic rings. The second kappa shape index (κ2) is 8.13. The first-order valence-electron chi connectivity index (χ1n) is 8.69. The highest BCUT2D eigenvalue weighted by Gasteiger charge is 2.21. The molecule has 0 atom stereocenters. The molecule has 0 saturated carbocycles. The van der Waals surface area contributed by atoms with Gasteiger partial charge in [-0.25, -0.2) is 13.1 Å². The van der Waals surface area contributed by atoms with Gasteiger partial charge in [0, 0.05) is 0 Å². The molecule has 0 saturated heterocycles. The van der Waals surface area contributed by atoms with Crippen molar-refractivity contribution >= 4 is 26.5 Å². The van der Waals surface area contributed by atoms with E-state index in [1.165, 1.54) is 24.2 Å². The number of nitrogens with zero attached hydrogens (tertiary/aromatic N) is 4. The van der Waals surface area contributed by atoms with Gasteiger partial charge in [-0.15, -0.1) is 10.2 Å². The SMILES string of the molecule is COc1ccccc1-c1nnc(NS(=O)(=O)c2cnn(-c3ccccc3OC)c2)s1. The van der Waals surface area contributed by atoms with Crippen LogP contribution in [0.3, 0.4) is 0 Å². The molecule has 0 aliphatic carbocycles. The summed E-state index contributed by atoms with van der Waals surface area (Å²) < 4.78 is 40.1. The summed E-state index contributed by atoms with van der Waals surface area (Å²) in [6, 6.07) is 14.5. The number of para-hydroxylation sites is 3. The van der Waals surface area contributed by atoms with E-state index in [1.54, 1.807) is 25.3 Å². The van der Waals surface area contributed by atoms with Crippen LogP contribution in [-0.2, 0) is 10.0 Å². The lowest BCUT2D eigenvalue weighted by Crippen LogP contribution is -2.12. The van der Waals surface area contributed by atoms with Crippen molar-refractivity contribution in [2.75, 3.05) is 18.9 Å². The van der Waals surface area contributed by atoms with E-state index in [0.717, 1.165) is 16.9 Å². The lowest BCUT2D eigenvalue weighted by Gasteiger charge is -2.07. The van der Waals surface area contributed by atoms with Crippen LogP contribution in [0.5, 0.6) is 11.5 Å². The Morgan fingerprint density at radius 2 is 1.67 bits per heavy atom. The molecule has 0 radical (unpaired) electrons. The quantitative estimate of drug-likeness (QED) is 0.467. The number of methoxy groups -OCH3 is 2. The number of rotatable bonds is 7. The van der Waals surface area contributed by atoms with E-state index in [4.69, 9.17) is 9.47 Å². The normalized spacial score (nSPS) is 11.3. The summed E-state index contributed by atoms with van der Waals surface area (Å²) in [5.74, 6) is 1.20. The van der Waals surface area contributed by atoms with E-state index in [-0.39, 0.29) is 10.0 Å². The average molecular weight is 444 g/mol. The van der Waals surface area contributed by atoms with Crippen molar-refractivity contribution in [2.45, 2.75) is 4.90 Å². The molecule has 11 heteroatoms. The van der Waals surface area contributed by atoms with Crippen molar-refractivity contribution in [1.29, 1.82) is 0 Å². The standard InChI is InChI=1S/C19H17N5O4S2/c1-27-16-9-5-3-7-14(16)18-21-22-19(29-18)23-30(25,26)13-11-20-24(12-13)15-8-4-6-10-17(15)28-2/h3-12H,1-2H3,(H,22,23). The molecule has 2 aromatic carbocycles. The smallest absolute Gasteiger partial charge is 0.266 e. The van der Waals surface area contributed by atoms with Gasteiger partial charge in [-0.1, -0.05) is 35.6 Å². The van der Waals surface area contributed by atoms with E-state index in [1.807, 2.05) is 30.3 Å². The molecule has 0 amide bonds. The van der Waals surface area contributed by atoms with Crippen LogP contribution >= 0.6 is 11.3 Å². The molecule has 0 fully saturated rings. The third kappa shape index (κ3) is 3.84. The first kappa shape index (κ1) is 19.9. The number of aromatic nitrogens is 4. The van der Waals surface area contributed by atoms with Crippen molar-refractivity contribution in [3.05, 3.63) is 60.9 Å². The fourth-order valence-corrected chi connectivity index (χ4v) is 4.70. The van der Waals surface area contributed by atoms with Crippen molar-refractivity contribution in [2.24, 2.45) is 0 Å². The largest absolute Gasteiger partial charge is 0.496 e. The Bertz CT molecular complexity index is 1280. The predicted octanol–water partition coefficient (Wildman–Crippen LogP) is 3.21. The van der Waals surface area contributed by atoms with Gasteiger partial charge >= 0.3 is 0 Å². The van der Waals surface area contributed by atoms with Gasteiger partial charge in [-0.2, -0.15) is 5.10 Å². The van der Waals surface area contributed by atoms with Crippen molar-refractivity contribution < 1.29 is 17.9 Å². The topological polar surface area (TPSA) is 108 Å². The molecule has 0 aliphatic rings. The summed E-state index contributed by atoms with van der Waals surface area (Å²) in [6.45, 7) is 0. The molecule has 9 nitrogen and oxygen atoms in total. The summed E-state index contributed by atoms with van der Waals surface area (Å²) in [7, 11) is -0.806. The Hall–Kier alpha value is -3.44. The third-order valence-corrected chi connectivity index (χ3v) is 6.48. The highest BCUT2D eigenvalue weighted by molar-refractivity contribution is 7.93.